The molecule has 0 saturated heterocycles. The summed E-state index contributed by atoms with van der Waals surface area (Å²) in [5.74, 6) is 8.64. The molecule has 5 heteroatoms. The fraction of sp³-hybridized carbons (Fsp3) is 0.818. The lowest BCUT2D eigenvalue weighted by molar-refractivity contribution is 0.168. The molecule has 0 aromatic carbocycles. The minimum absolute atomic E-state index is 0.109. The molecular weight excluding hydrogens is 202 g/mol. The van der Waals surface area contributed by atoms with E-state index in [1.54, 1.807) is 0 Å². The minimum Gasteiger partial charge on any atom is -0.271 e. The lowest BCUT2D eigenvalue weighted by atomic mass is 9.73. The molecule has 4 unspecified atom stereocenters. The van der Waals surface area contributed by atoms with E-state index in [1.807, 2.05) is 0 Å². The Morgan fingerprint density at radius 1 is 1.44 bits per heavy atom. The van der Waals surface area contributed by atoms with E-state index in [4.69, 9.17) is 5.84 Å². The first-order valence-corrected chi connectivity index (χ1v) is 6.03. The summed E-state index contributed by atoms with van der Waals surface area (Å²) in [6, 6.07) is 0.109. The van der Waals surface area contributed by atoms with Crippen molar-refractivity contribution < 1.29 is 0 Å². The van der Waals surface area contributed by atoms with Gasteiger partial charge in [0, 0.05) is 0 Å². The van der Waals surface area contributed by atoms with Crippen molar-refractivity contribution in [1.29, 1.82) is 0 Å². The normalized spacial score (nSPS) is 32.6. The van der Waals surface area contributed by atoms with Gasteiger partial charge in [-0.15, -0.1) is 0 Å². The molecule has 0 radical (unpaired) electrons. The van der Waals surface area contributed by atoms with Crippen molar-refractivity contribution in [2.24, 2.45) is 23.6 Å². The maximum absolute atomic E-state index is 5.64. The van der Waals surface area contributed by atoms with Crippen LogP contribution in [0.25, 0.3) is 0 Å². The van der Waals surface area contributed by atoms with Gasteiger partial charge in [0.2, 0.25) is 0 Å². The summed E-state index contributed by atoms with van der Waals surface area (Å²) in [6.07, 6.45) is 5.23. The van der Waals surface area contributed by atoms with Crippen LogP contribution in [0.4, 0.5) is 0 Å². The average Bonchev–Trinajstić information content (AvgIpc) is 2.78. The lowest BCUT2D eigenvalue weighted by Crippen LogP contribution is -2.37. The Hall–Kier alpha value is -0.940. The summed E-state index contributed by atoms with van der Waals surface area (Å²) in [4.78, 5) is 4.20. The van der Waals surface area contributed by atoms with Crippen LogP contribution in [0.1, 0.15) is 45.0 Å². The van der Waals surface area contributed by atoms with Gasteiger partial charge in [0.25, 0.3) is 0 Å². The van der Waals surface area contributed by atoms with Crippen LogP contribution in [0, 0.1) is 17.8 Å². The van der Waals surface area contributed by atoms with E-state index < -0.39 is 0 Å². The zero-order valence-electron chi connectivity index (χ0n) is 9.98. The molecule has 1 aliphatic rings. The Morgan fingerprint density at radius 3 is 2.81 bits per heavy atom. The summed E-state index contributed by atoms with van der Waals surface area (Å²) in [6.45, 7) is 4.66. The molecule has 2 rings (SSSR count). The van der Waals surface area contributed by atoms with Crippen LogP contribution >= 0.6 is 0 Å². The maximum atomic E-state index is 5.64. The van der Waals surface area contributed by atoms with Crippen molar-refractivity contribution in [2.45, 2.75) is 39.2 Å². The second-order valence-corrected chi connectivity index (χ2v) is 5.04. The third-order valence-corrected chi connectivity index (χ3v) is 4.02. The van der Waals surface area contributed by atoms with Crippen LogP contribution in [0.15, 0.2) is 6.33 Å². The molecule has 4 atom stereocenters. The van der Waals surface area contributed by atoms with Crippen LogP contribution in [0.2, 0.25) is 0 Å². The van der Waals surface area contributed by atoms with Gasteiger partial charge in [-0.1, -0.05) is 20.3 Å². The zero-order chi connectivity index (χ0) is 11.5. The Morgan fingerprint density at radius 2 is 2.25 bits per heavy atom. The van der Waals surface area contributed by atoms with Gasteiger partial charge in [-0.3, -0.25) is 10.9 Å². The number of aromatic amines is 1. The van der Waals surface area contributed by atoms with Gasteiger partial charge < -0.3 is 0 Å². The van der Waals surface area contributed by atoms with Crippen molar-refractivity contribution in [3.8, 4) is 0 Å². The topological polar surface area (TPSA) is 79.6 Å². The van der Waals surface area contributed by atoms with Crippen LogP contribution in [0.3, 0.4) is 0 Å². The molecule has 5 nitrogen and oxygen atoms in total. The summed E-state index contributed by atoms with van der Waals surface area (Å²) >= 11 is 0. The number of nitrogens with zero attached hydrogens (tertiary/aromatic N) is 2. The number of hydrogen-bond acceptors (Lipinski definition) is 4. The Bertz CT molecular complexity index is 310. The van der Waals surface area contributed by atoms with Crippen LogP contribution in [-0.2, 0) is 0 Å². The lowest BCUT2D eigenvalue weighted by Gasteiger charge is -2.35. The van der Waals surface area contributed by atoms with E-state index in [0.29, 0.717) is 5.92 Å². The molecule has 4 N–H and O–H groups in total. The number of aromatic nitrogens is 3. The molecular formula is C11H21N5. The SMILES string of the molecule is CC1CCC(C(NN)c2ncn[nH]2)CC1C. The van der Waals surface area contributed by atoms with Gasteiger partial charge in [-0.05, 0) is 30.6 Å². The molecule has 16 heavy (non-hydrogen) atoms. The highest BCUT2D eigenvalue weighted by Gasteiger charge is 2.31. The van der Waals surface area contributed by atoms with Crippen LogP contribution < -0.4 is 11.3 Å². The molecule has 0 amide bonds. The third-order valence-electron chi connectivity index (χ3n) is 4.02. The smallest absolute Gasteiger partial charge is 0.143 e. The summed E-state index contributed by atoms with van der Waals surface area (Å²) in [5, 5.41) is 6.80. The van der Waals surface area contributed by atoms with Crippen LogP contribution in [0.5, 0.6) is 0 Å². The Kier molecular flexibility index (Phi) is 3.56. The van der Waals surface area contributed by atoms with Crippen molar-refractivity contribution in [3.63, 3.8) is 0 Å². The monoisotopic (exact) mass is 223 g/mol. The van der Waals surface area contributed by atoms with E-state index in [0.717, 1.165) is 17.7 Å². The Balaban J connectivity index is 2.05. The number of H-pyrrole nitrogens is 1. The fourth-order valence-electron chi connectivity index (χ4n) is 2.69. The van der Waals surface area contributed by atoms with Gasteiger partial charge in [0.05, 0.1) is 6.04 Å². The first kappa shape index (κ1) is 11.5. The van der Waals surface area contributed by atoms with Crippen molar-refractivity contribution in [1.82, 2.24) is 20.6 Å². The van der Waals surface area contributed by atoms with Gasteiger partial charge in [-0.2, -0.15) is 5.10 Å². The predicted molar refractivity (Wildman–Crippen MR) is 62.1 cm³/mol. The highest BCUT2D eigenvalue weighted by Crippen LogP contribution is 2.38. The standard InChI is InChI=1S/C11H21N5/c1-7-3-4-9(5-8(7)2)10(15-12)11-13-6-14-16-11/h6-10,15H,3-5,12H2,1-2H3,(H,13,14,16). The second kappa shape index (κ2) is 4.93. The average molecular weight is 223 g/mol. The van der Waals surface area contributed by atoms with Crippen molar-refractivity contribution in [3.05, 3.63) is 12.2 Å². The van der Waals surface area contributed by atoms with Gasteiger partial charge in [0.15, 0.2) is 0 Å². The number of nitrogens with two attached hydrogens (primary N) is 1. The number of rotatable bonds is 3. The van der Waals surface area contributed by atoms with Crippen LogP contribution in [-0.4, -0.2) is 15.2 Å². The first-order valence-electron chi connectivity index (χ1n) is 6.03. The van der Waals surface area contributed by atoms with E-state index in [-0.39, 0.29) is 6.04 Å². The highest BCUT2D eigenvalue weighted by molar-refractivity contribution is 4.96. The van der Waals surface area contributed by atoms with E-state index in [2.05, 4.69) is 34.5 Å². The highest BCUT2D eigenvalue weighted by atomic mass is 15.3. The molecule has 1 saturated carbocycles. The summed E-state index contributed by atoms with van der Waals surface area (Å²) < 4.78 is 0. The first-order chi connectivity index (χ1) is 7.72. The molecule has 1 aromatic heterocycles. The predicted octanol–water partition coefficient (Wildman–Crippen LogP) is 1.38. The van der Waals surface area contributed by atoms with Gasteiger partial charge in [-0.25, -0.2) is 10.4 Å². The molecule has 1 aliphatic carbocycles. The molecule has 90 valence electrons. The van der Waals surface area contributed by atoms with Crippen molar-refractivity contribution in [2.75, 3.05) is 0 Å². The quantitative estimate of drug-likeness (QED) is 0.534. The summed E-state index contributed by atoms with van der Waals surface area (Å²) in [7, 11) is 0. The molecule has 0 aliphatic heterocycles. The minimum atomic E-state index is 0.109. The van der Waals surface area contributed by atoms with E-state index >= 15 is 0 Å². The van der Waals surface area contributed by atoms with Crippen molar-refractivity contribution >= 4 is 0 Å². The third kappa shape index (κ3) is 2.25. The van der Waals surface area contributed by atoms with Gasteiger partial charge in [0.1, 0.15) is 12.2 Å². The zero-order valence-corrected chi connectivity index (χ0v) is 9.98. The van der Waals surface area contributed by atoms with E-state index in [9.17, 15) is 0 Å². The largest absolute Gasteiger partial charge is 0.271 e. The van der Waals surface area contributed by atoms with E-state index in [1.165, 1.54) is 25.6 Å². The number of nitrogens with one attached hydrogen (secondary N) is 2. The molecule has 1 aromatic rings. The number of hydrogen-bond donors (Lipinski definition) is 3. The molecule has 1 fully saturated rings. The maximum Gasteiger partial charge on any atom is 0.143 e. The number of hydrazine groups is 1. The fourth-order valence-corrected chi connectivity index (χ4v) is 2.69. The summed E-state index contributed by atoms with van der Waals surface area (Å²) in [5.41, 5.74) is 2.88. The van der Waals surface area contributed by atoms with Gasteiger partial charge >= 0.3 is 0 Å². The molecule has 1 heterocycles. The second-order valence-electron chi connectivity index (χ2n) is 5.04. The Labute approximate surface area is 96.2 Å². The molecule has 0 bridgehead atoms. The molecule has 0 spiro atoms.